The van der Waals surface area contributed by atoms with Gasteiger partial charge in [-0.2, -0.15) is 0 Å². The molecule has 0 heterocycles. The second-order valence-electron chi connectivity index (χ2n) is 7.43. The van der Waals surface area contributed by atoms with E-state index in [4.69, 9.17) is 0 Å². The zero-order valence-electron chi connectivity index (χ0n) is 14.1. The third-order valence-electron chi connectivity index (χ3n) is 4.51. The Balaban J connectivity index is 1.95. The summed E-state index contributed by atoms with van der Waals surface area (Å²) in [5.41, 5.74) is 3.78. The fourth-order valence-electron chi connectivity index (χ4n) is 3.47. The molecule has 0 amide bonds. The normalized spacial score (nSPS) is 19.1. The minimum atomic E-state index is -0.628. The zero-order chi connectivity index (χ0) is 15.5. The van der Waals surface area contributed by atoms with Gasteiger partial charge in [0.1, 0.15) is 0 Å². The quantitative estimate of drug-likeness (QED) is 0.829. The SMILES string of the molecule is CC(C)CC(C)(O)CNC(C)c1ccc2c(c1)CCCC2. The number of fused-ring (bicyclic) bond motifs is 1. The van der Waals surface area contributed by atoms with E-state index >= 15 is 0 Å². The van der Waals surface area contributed by atoms with Crippen LogP contribution in [0, 0.1) is 5.92 Å². The average molecular weight is 289 g/mol. The van der Waals surface area contributed by atoms with Crippen molar-refractivity contribution in [3.05, 3.63) is 34.9 Å². The van der Waals surface area contributed by atoms with Crippen LogP contribution < -0.4 is 5.32 Å². The molecule has 0 saturated carbocycles. The van der Waals surface area contributed by atoms with Gasteiger partial charge in [0.05, 0.1) is 5.60 Å². The summed E-state index contributed by atoms with van der Waals surface area (Å²) in [5.74, 6) is 0.515. The Morgan fingerprint density at radius 3 is 2.48 bits per heavy atom. The van der Waals surface area contributed by atoms with Crippen molar-refractivity contribution in [1.29, 1.82) is 0 Å². The van der Waals surface area contributed by atoms with Crippen molar-refractivity contribution in [3.63, 3.8) is 0 Å². The molecule has 2 atom stereocenters. The van der Waals surface area contributed by atoms with E-state index in [0.29, 0.717) is 12.5 Å². The molecule has 1 aromatic carbocycles. The Hall–Kier alpha value is -0.860. The van der Waals surface area contributed by atoms with Crippen molar-refractivity contribution >= 4 is 0 Å². The fraction of sp³-hybridized carbons (Fsp3) is 0.684. The molecule has 1 aliphatic rings. The first kappa shape index (κ1) is 16.5. The summed E-state index contributed by atoms with van der Waals surface area (Å²) in [7, 11) is 0. The number of hydrogen-bond acceptors (Lipinski definition) is 2. The number of aliphatic hydroxyl groups is 1. The minimum absolute atomic E-state index is 0.288. The van der Waals surface area contributed by atoms with Crippen molar-refractivity contribution < 1.29 is 5.11 Å². The molecule has 2 N–H and O–H groups in total. The van der Waals surface area contributed by atoms with E-state index in [1.807, 2.05) is 6.92 Å². The summed E-state index contributed by atoms with van der Waals surface area (Å²) in [6.07, 6.45) is 5.94. The molecule has 0 bridgehead atoms. The third kappa shape index (κ3) is 4.82. The average Bonchev–Trinajstić information content (AvgIpc) is 2.43. The summed E-state index contributed by atoms with van der Waals surface area (Å²) in [6, 6.07) is 7.20. The Bertz CT molecular complexity index is 465. The maximum atomic E-state index is 10.4. The third-order valence-corrected chi connectivity index (χ3v) is 4.51. The predicted molar refractivity (Wildman–Crippen MR) is 89.6 cm³/mol. The van der Waals surface area contributed by atoms with E-state index in [1.54, 1.807) is 0 Å². The molecular weight excluding hydrogens is 258 g/mol. The van der Waals surface area contributed by atoms with E-state index in [-0.39, 0.29) is 6.04 Å². The zero-order valence-corrected chi connectivity index (χ0v) is 14.1. The lowest BCUT2D eigenvalue weighted by atomic mass is 9.89. The van der Waals surface area contributed by atoms with E-state index in [2.05, 4.69) is 44.3 Å². The largest absolute Gasteiger partial charge is 0.389 e. The maximum absolute atomic E-state index is 10.4. The highest BCUT2D eigenvalue weighted by Crippen LogP contribution is 2.25. The first-order valence-electron chi connectivity index (χ1n) is 8.45. The van der Waals surface area contributed by atoms with Crippen molar-refractivity contribution in [3.8, 4) is 0 Å². The van der Waals surface area contributed by atoms with Gasteiger partial charge in [-0.05, 0) is 68.6 Å². The Kier molecular flexibility index (Phi) is 5.45. The molecule has 0 saturated heterocycles. The van der Waals surface area contributed by atoms with Gasteiger partial charge in [0.2, 0.25) is 0 Å². The number of benzene rings is 1. The molecule has 0 aliphatic heterocycles. The van der Waals surface area contributed by atoms with Gasteiger partial charge < -0.3 is 10.4 Å². The molecule has 0 fully saturated rings. The van der Waals surface area contributed by atoms with Crippen LogP contribution in [0.25, 0.3) is 0 Å². The van der Waals surface area contributed by atoms with Crippen LogP contribution in [0.5, 0.6) is 0 Å². The van der Waals surface area contributed by atoms with E-state index < -0.39 is 5.60 Å². The van der Waals surface area contributed by atoms with Crippen LogP contribution in [0.2, 0.25) is 0 Å². The molecule has 0 spiro atoms. The highest BCUT2D eigenvalue weighted by molar-refractivity contribution is 5.35. The minimum Gasteiger partial charge on any atom is -0.389 e. The van der Waals surface area contributed by atoms with Gasteiger partial charge in [-0.1, -0.05) is 32.0 Å². The van der Waals surface area contributed by atoms with Crippen molar-refractivity contribution in [1.82, 2.24) is 5.32 Å². The second-order valence-corrected chi connectivity index (χ2v) is 7.43. The molecule has 2 heteroatoms. The van der Waals surface area contributed by atoms with Crippen LogP contribution in [0.3, 0.4) is 0 Å². The summed E-state index contributed by atoms with van der Waals surface area (Å²) in [6.45, 7) is 9.07. The lowest BCUT2D eigenvalue weighted by Gasteiger charge is -2.28. The lowest BCUT2D eigenvalue weighted by molar-refractivity contribution is 0.0363. The van der Waals surface area contributed by atoms with Crippen LogP contribution in [-0.2, 0) is 12.8 Å². The summed E-state index contributed by atoms with van der Waals surface area (Å²) >= 11 is 0. The molecule has 2 nitrogen and oxygen atoms in total. The van der Waals surface area contributed by atoms with Gasteiger partial charge >= 0.3 is 0 Å². The van der Waals surface area contributed by atoms with Gasteiger partial charge in [-0.15, -0.1) is 0 Å². The van der Waals surface area contributed by atoms with E-state index in [1.165, 1.54) is 42.4 Å². The molecule has 2 unspecified atom stereocenters. The van der Waals surface area contributed by atoms with Gasteiger partial charge in [0.15, 0.2) is 0 Å². The number of aryl methyl sites for hydroxylation is 2. The Morgan fingerprint density at radius 1 is 1.14 bits per heavy atom. The van der Waals surface area contributed by atoms with Crippen LogP contribution >= 0.6 is 0 Å². The molecule has 118 valence electrons. The molecule has 2 rings (SSSR count). The van der Waals surface area contributed by atoms with Gasteiger partial charge in [0, 0.05) is 12.6 Å². The molecule has 21 heavy (non-hydrogen) atoms. The first-order chi connectivity index (χ1) is 9.87. The summed E-state index contributed by atoms with van der Waals surface area (Å²) in [4.78, 5) is 0. The number of nitrogens with one attached hydrogen (secondary N) is 1. The highest BCUT2D eigenvalue weighted by atomic mass is 16.3. The van der Waals surface area contributed by atoms with Crippen LogP contribution in [0.1, 0.15) is 69.7 Å². The first-order valence-corrected chi connectivity index (χ1v) is 8.45. The van der Waals surface area contributed by atoms with Crippen LogP contribution in [0.15, 0.2) is 18.2 Å². The summed E-state index contributed by atoms with van der Waals surface area (Å²) < 4.78 is 0. The second kappa shape index (κ2) is 6.93. The molecular formula is C19H31NO. The van der Waals surface area contributed by atoms with Crippen molar-refractivity contribution in [2.45, 2.75) is 71.4 Å². The topological polar surface area (TPSA) is 32.3 Å². The molecule has 0 radical (unpaired) electrons. The molecule has 1 aromatic rings. The molecule has 0 aromatic heterocycles. The standard InChI is InChI=1S/C19H31NO/c1-14(2)12-19(4,21)13-20-15(3)17-10-9-16-7-5-6-8-18(16)11-17/h9-11,14-15,20-21H,5-8,12-13H2,1-4H3. The fourth-order valence-corrected chi connectivity index (χ4v) is 3.47. The molecule has 1 aliphatic carbocycles. The van der Waals surface area contributed by atoms with Crippen molar-refractivity contribution in [2.75, 3.05) is 6.54 Å². The van der Waals surface area contributed by atoms with Crippen LogP contribution in [-0.4, -0.2) is 17.3 Å². The van der Waals surface area contributed by atoms with Crippen LogP contribution in [0.4, 0.5) is 0 Å². The van der Waals surface area contributed by atoms with Gasteiger partial charge in [-0.25, -0.2) is 0 Å². The van der Waals surface area contributed by atoms with E-state index in [9.17, 15) is 5.11 Å². The summed E-state index contributed by atoms with van der Waals surface area (Å²) in [5, 5.41) is 13.9. The maximum Gasteiger partial charge on any atom is 0.0746 e. The number of hydrogen-bond donors (Lipinski definition) is 2. The van der Waals surface area contributed by atoms with Crippen molar-refractivity contribution in [2.24, 2.45) is 5.92 Å². The number of rotatable bonds is 6. The monoisotopic (exact) mass is 289 g/mol. The van der Waals surface area contributed by atoms with Gasteiger partial charge in [-0.3, -0.25) is 0 Å². The Morgan fingerprint density at radius 2 is 1.81 bits per heavy atom. The lowest BCUT2D eigenvalue weighted by Crippen LogP contribution is -2.39. The van der Waals surface area contributed by atoms with Gasteiger partial charge in [0.25, 0.3) is 0 Å². The Labute approximate surface area is 130 Å². The predicted octanol–water partition coefficient (Wildman–Crippen LogP) is 4.01. The smallest absolute Gasteiger partial charge is 0.0746 e. The van der Waals surface area contributed by atoms with E-state index in [0.717, 1.165) is 6.42 Å². The highest BCUT2D eigenvalue weighted by Gasteiger charge is 2.22.